The first-order valence-electron chi connectivity index (χ1n) is 9.57. The molecule has 9 heteroatoms. The zero-order valence-corrected chi connectivity index (χ0v) is 16.1. The van der Waals surface area contributed by atoms with E-state index in [-0.39, 0.29) is 23.9 Å². The SMILES string of the molecule is CC(C)(O)C(=O)N1CCN2C(=O)OC3(CCN(c4ccc(F)cn4)CC3)C2C1. The number of ether oxygens (including phenoxy) is 1. The molecule has 3 fully saturated rings. The van der Waals surface area contributed by atoms with Crippen LogP contribution in [-0.4, -0.2) is 81.9 Å². The van der Waals surface area contributed by atoms with Gasteiger partial charge in [-0.25, -0.2) is 14.2 Å². The van der Waals surface area contributed by atoms with Crippen LogP contribution in [0.2, 0.25) is 0 Å². The molecule has 3 aliphatic heterocycles. The third-order valence-corrected chi connectivity index (χ3v) is 5.97. The van der Waals surface area contributed by atoms with Crippen molar-refractivity contribution in [1.29, 1.82) is 0 Å². The van der Waals surface area contributed by atoms with Gasteiger partial charge in [0.2, 0.25) is 0 Å². The van der Waals surface area contributed by atoms with Gasteiger partial charge in [0, 0.05) is 45.6 Å². The molecule has 152 valence electrons. The normalized spacial score (nSPS) is 24.4. The summed E-state index contributed by atoms with van der Waals surface area (Å²) in [5, 5.41) is 10.1. The van der Waals surface area contributed by atoms with Crippen LogP contribution in [0.5, 0.6) is 0 Å². The fourth-order valence-electron chi connectivity index (χ4n) is 4.43. The van der Waals surface area contributed by atoms with Gasteiger partial charge >= 0.3 is 6.09 Å². The van der Waals surface area contributed by atoms with Crippen LogP contribution in [0.15, 0.2) is 18.3 Å². The van der Waals surface area contributed by atoms with E-state index >= 15 is 0 Å². The van der Waals surface area contributed by atoms with Crippen molar-refractivity contribution < 1.29 is 23.8 Å². The minimum atomic E-state index is -1.45. The van der Waals surface area contributed by atoms with E-state index in [1.165, 1.54) is 26.1 Å². The van der Waals surface area contributed by atoms with Crippen molar-refractivity contribution in [3.8, 4) is 0 Å². The van der Waals surface area contributed by atoms with E-state index < -0.39 is 11.2 Å². The number of piperazine rings is 1. The van der Waals surface area contributed by atoms with Crippen LogP contribution in [0, 0.1) is 5.82 Å². The number of anilines is 1. The summed E-state index contributed by atoms with van der Waals surface area (Å²) in [5.41, 5.74) is -2.11. The van der Waals surface area contributed by atoms with Crippen molar-refractivity contribution in [2.45, 2.75) is 43.9 Å². The van der Waals surface area contributed by atoms with Crippen LogP contribution in [0.3, 0.4) is 0 Å². The molecule has 4 heterocycles. The highest BCUT2D eigenvalue weighted by Crippen LogP contribution is 2.41. The summed E-state index contributed by atoms with van der Waals surface area (Å²) in [6.07, 6.45) is 2.06. The average molecular weight is 392 g/mol. The van der Waals surface area contributed by atoms with Gasteiger partial charge in [0.25, 0.3) is 5.91 Å². The van der Waals surface area contributed by atoms with E-state index in [1.807, 2.05) is 4.90 Å². The number of halogens is 1. The Labute approximate surface area is 162 Å². The molecule has 1 atom stereocenters. The first-order chi connectivity index (χ1) is 13.2. The summed E-state index contributed by atoms with van der Waals surface area (Å²) in [6.45, 7) is 5.32. The highest BCUT2D eigenvalue weighted by molar-refractivity contribution is 5.84. The fraction of sp³-hybridized carbons (Fsp3) is 0.632. The molecule has 1 N–H and O–H groups in total. The van der Waals surface area contributed by atoms with Gasteiger partial charge in [0.05, 0.1) is 12.2 Å². The molecular weight excluding hydrogens is 367 g/mol. The van der Waals surface area contributed by atoms with E-state index in [0.29, 0.717) is 51.4 Å². The zero-order valence-electron chi connectivity index (χ0n) is 16.1. The maximum absolute atomic E-state index is 13.1. The Hall–Kier alpha value is -2.42. The van der Waals surface area contributed by atoms with E-state index in [4.69, 9.17) is 4.74 Å². The Kier molecular flexibility index (Phi) is 4.45. The highest BCUT2D eigenvalue weighted by Gasteiger charge is 2.57. The second kappa shape index (κ2) is 6.58. The van der Waals surface area contributed by atoms with Gasteiger partial charge in [-0.3, -0.25) is 9.69 Å². The predicted molar refractivity (Wildman–Crippen MR) is 98.2 cm³/mol. The highest BCUT2D eigenvalue weighted by atomic mass is 19.1. The molecule has 1 unspecified atom stereocenters. The van der Waals surface area contributed by atoms with Gasteiger partial charge < -0.3 is 19.6 Å². The number of rotatable bonds is 2. The molecule has 4 rings (SSSR count). The third kappa shape index (κ3) is 3.17. The Bertz CT molecular complexity index is 771. The van der Waals surface area contributed by atoms with Crippen LogP contribution in [0.1, 0.15) is 26.7 Å². The number of fused-ring (bicyclic) bond motifs is 2. The largest absolute Gasteiger partial charge is 0.440 e. The Morgan fingerprint density at radius 1 is 1.29 bits per heavy atom. The Balaban J connectivity index is 1.49. The van der Waals surface area contributed by atoms with E-state index in [9.17, 15) is 19.1 Å². The minimum Gasteiger partial charge on any atom is -0.440 e. The molecule has 0 aliphatic carbocycles. The molecule has 0 saturated carbocycles. The van der Waals surface area contributed by atoms with Crippen molar-refractivity contribution in [2.75, 3.05) is 37.6 Å². The first-order valence-corrected chi connectivity index (χ1v) is 9.57. The number of amides is 2. The van der Waals surface area contributed by atoms with Crippen LogP contribution >= 0.6 is 0 Å². The van der Waals surface area contributed by atoms with Crippen molar-refractivity contribution in [3.05, 3.63) is 24.1 Å². The minimum absolute atomic E-state index is 0.233. The molecule has 0 aromatic carbocycles. The molecule has 0 bridgehead atoms. The van der Waals surface area contributed by atoms with Gasteiger partial charge in [-0.15, -0.1) is 0 Å². The second-order valence-corrected chi connectivity index (χ2v) is 8.27. The summed E-state index contributed by atoms with van der Waals surface area (Å²) < 4.78 is 18.9. The first kappa shape index (κ1) is 18.9. The third-order valence-electron chi connectivity index (χ3n) is 5.97. The van der Waals surface area contributed by atoms with Crippen LogP contribution < -0.4 is 4.90 Å². The summed E-state index contributed by atoms with van der Waals surface area (Å²) in [4.78, 5) is 34.4. The molecule has 1 aromatic heterocycles. The topological polar surface area (TPSA) is 86.2 Å². The fourth-order valence-corrected chi connectivity index (χ4v) is 4.43. The standard InChI is InChI=1S/C19H25FN4O4/c1-18(2,27)16(25)23-9-10-24-14(12-23)19(28-17(24)26)5-7-22(8-6-19)15-4-3-13(20)11-21-15/h3-4,11,14,27H,5-10,12H2,1-2H3. The predicted octanol–water partition coefficient (Wildman–Crippen LogP) is 0.994. The van der Waals surface area contributed by atoms with E-state index in [0.717, 1.165) is 0 Å². The number of aliphatic hydroxyl groups is 1. The van der Waals surface area contributed by atoms with Gasteiger partial charge in [-0.2, -0.15) is 0 Å². The quantitative estimate of drug-likeness (QED) is 0.808. The number of aromatic nitrogens is 1. The lowest BCUT2D eigenvalue weighted by atomic mass is 9.82. The van der Waals surface area contributed by atoms with Crippen molar-refractivity contribution in [2.24, 2.45) is 0 Å². The Morgan fingerprint density at radius 2 is 2.00 bits per heavy atom. The lowest BCUT2D eigenvalue weighted by molar-refractivity contribution is -0.151. The van der Waals surface area contributed by atoms with E-state index in [1.54, 1.807) is 15.9 Å². The van der Waals surface area contributed by atoms with Crippen molar-refractivity contribution in [3.63, 3.8) is 0 Å². The molecular formula is C19H25FN4O4. The van der Waals surface area contributed by atoms with Gasteiger partial charge in [-0.1, -0.05) is 0 Å². The van der Waals surface area contributed by atoms with Gasteiger partial charge in [-0.05, 0) is 26.0 Å². The van der Waals surface area contributed by atoms with E-state index in [2.05, 4.69) is 4.98 Å². The maximum Gasteiger partial charge on any atom is 0.410 e. The van der Waals surface area contributed by atoms with Crippen LogP contribution in [0.25, 0.3) is 0 Å². The van der Waals surface area contributed by atoms with Crippen LogP contribution in [0.4, 0.5) is 15.0 Å². The lowest BCUT2D eigenvalue weighted by Crippen LogP contribution is -2.63. The molecule has 1 aromatic rings. The summed E-state index contributed by atoms with van der Waals surface area (Å²) >= 11 is 0. The number of nitrogens with zero attached hydrogens (tertiary/aromatic N) is 4. The molecule has 1 spiro atoms. The summed E-state index contributed by atoms with van der Waals surface area (Å²) in [7, 11) is 0. The molecule has 3 aliphatic rings. The summed E-state index contributed by atoms with van der Waals surface area (Å²) in [6, 6.07) is 2.79. The van der Waals surface area contributed by atoms with Crippen molar-refractivity contribution >= 4 is 17.8 Å². The number of hydrogen-bond donors (Lipinski definition) is 1. The summed E-state index contributed by atoms with van der Waals surface area (Å²) in [5.74, 6) is -0.0223. The van der Waals surface area contributed by atoms with Crippen molar-refractivity contribution in [1.82, 2.24) is 14.8 Å². The zero-order chi connectivity index (χ0) is 20.1. The smallest absolute Gasteiger partial charge is 0.410 e. The van der Waals surface area contributed by atoms with Gasteiger partial charge in [0.15, 0.2) is 0 Å². The number of carbonyl (C=O) groups is 2. The number of carbonyl (C=O) groups excluding carboxylic acids is 2. The molecule has 2 amide bonds. The molecule has 8 nitrogen and oxygen atoms in total. The molecule has 28 heavy (non-hydrogen) atoms. The van der Waals surface area contributed by atoms with Gasteiger partial charge in [0.1, 0.15) is 22.8 Å². The monoisotopic (exact) mass is 392 g/mol. The molecule has 0 radical (unpaired) electrons. The number of piperidine rings is 1. The maximum atomic E-state index is 13.1. The number of hydrogen-bond acceptors (Lipinski definition) is 6. The lowest BCUT2D eigenvalue weighted by Gasteiger charge is -2.46. The number of pyridine rings is 1. The second-order valence-electron chi connectivity index (χ2n) is 8.27. The average Bonchev–Trinajstić information content (AvgIpc) is 2.93. The molecule has 3 saturated heterocycles. The Morgan fingerprint density at radius 3 is 2.61 bits per heavy atom. The van der Waals surface area contributed by atoms with Crippen LogP contribution in [-0.2, 0) is 9.53 Å².